The molecule has 0 bridgehead atoms. The van der Waals surface area contributed by atoms with Crippen LogP contribution >= 0.6 is 35.0 Å². The van der Waals surface area contributed by atoms with Gasteiger partial charge in [0, 0.05) is 15.6 Å². The second kappa shape index (κ2) is 14.4. The molecular weight excluding hydrogens is 625 g/mol. The highest BCUT2D eigenvalue weighted by Crippen LogP contribution is 2.36. The number of thioether (sulfide) groups is 1. The van der Waals surface area contributed by atoms with E-state index in [4.69, 9.17) is 41.8 Å². The van der Waals surface area contributed by atoms with Crippen LogP contribution in [0.5, 0.6) is 23.0 Å². The highest BCUT2D eigenvalue weighted by Gasteiger charge is 2.34. The number of ether oxygens (including phenoxy) is 3. The molecule has 1 saturated heterocycles. The minimum Gasteiger partial charge on any atom is -0.504 e. The smallest absolute Gasteiger partial charge is 0.267 e. The van der Waals surface area contributed by atoms with Gasteiger partial charge < -0.3 is 23.7 Å². The monoisotopic (exact) mass is 651 g/mol. The van der Waals surface area contributed by atoms with E-state index in [9.17, 15) is 9.90 Å². The minimum absolute atomic E-state index is 0.0256. The van der Waals surface area contributed by atoms with Crippen molar-refractivity contribution in [1.29, 1.82) is 0 Å². The van der Waals surface area contributed by atoms with Crippen molar-refractivity contribution >= 4 is 58.3 Å². The van der Waals surface area contributed by atoms with Crippen LogP contribution in [-0.4, -0.2) is 41.0 Å². The van der Waals surface area contributed by atoms with E-state index in [1.807, 2.05) is 19.1 Å². The summed E-state index contributed by atoms with van der Waals surface area (Å²) >= 11 is 13.4. The average Bonchev–Trinajstić information content (AvgIpc) is 3.63. The summed E-state index contributed by atoms with van der Waals surface area (Å²) < 4.78 is 22.4. The molecule has 1 N–H and O–H groups in total. The van der Waals surface area contributed by atoms with Crippen molar-refractivity contribution in [2.24, 2.45) is 10.2 Å². The number of nitrogens with zero attached hydrogens (tertiary/aromatic N) is 3. The lowest BCUT2D eigenvalue weighted by atomic mass is 10.2. The molecule has 1 aliphatic rings. The molecule has 1 aromatic heterocycles. The van der Waals surface area contributed by atoms with Gasteiger partial charge in [0.1, 0.15) is 12.4 Å². The summed E-state index contributed by atoms with van der Waals surface area (Å²) in [7, 11) is 1.55. The van der Waals surface area contributed by atoms with E-state index in [0.717, 1.165) is 5.56 Å². The molecule has 12 heteroatoms. The Balaban J connectivity index is 1.35. The molecule has 0 radical (unpaired) electrons. The summed E-state index contributed by atoms with van der Waals surface area (Å²) in [4.78, 5) is 15.3. The molecule has 0 aliphatic carbocycles. The lowest BCUT2D eigenvalue weighted by molar-refractivity contribution is -0.122. The van der Waals surface area contributed by atoms with Crippen LogP contribution < -0.4 is 14.2 Å². The summed E-state index contributed by atoms with van der Waals surface area (Å²) in [5, 5.41) is 20.1. The summed E-state index contributed by atoms with van der Waals surface area (Å²) in [6.45, 7) is 2.64. The van der Waals surface area contributed by atoms with Crippen molar-refractivity contribution in [2.75, 3.05) is 13.7 Å². The third-order valence-electron chi connectivity index (χ3n) is 6.30. The van der Waals surface area contributed by atoms with Gasteiger partial charge in [0.25, 0.3) is 5.91 Å². The molecule has 0 atom stereocenters. The number of aromatic hydroxyl groups is 1. The first kappa shape index (κ1) is 31.1. The number of furan rings is 1. The molecular formula is C32H27Cl2N3O6S. The van der Waals surface area contributed by atoms with Gasteiger partial charge in [-0.3, -0.25) is 9.69 Å². The molecule has 2 heterocycles. The number of phenols is 1. The number of amidine groups is 1. The lowest BCUT2D eigenvalue weighted by Crippen LogP contribution is -2.28. The number of carbonyl (C=O) groups is 1. The fourth-order valence-electron chi connectivity index (χ4n) is 4.15. The van der Waals surface area contributed by atoms with Gasteiger partial charge in [-0.25, -0.2) is 0 Å². The normalized spacial score (nSPS) is 15.1. The summed E-state index contributed by atoms with van der Waals surface area (Å²) in [6.07, 6.45) is 4.82. The van der Waals surface area contributed by atoms with Crippen LogP contribution in [0.3, 0.4) is 0 Å². The molecule has 0 unspecified atom stereocenters. The second-order valence-corrected chi connectivity index (χ2v) is 11.2. The Morgan fingerprint density at radius 3 is 2.57 bits per heavy atom. The van der Waals surface area contributed by atoms with Gasteiger partial charge in [-0.2, -0.15) is 5.10 Å². The van der Waals surface area contributed by atoms with E-state index in [0.29, 0.717) is 60.9 Å². The Hall–Kier alpha value is -4.38. The van der Waals surface area contributed by atoms with Crippen LogP contribution in [-0.2, 0) is 17.9 Å². The quantitative estimate of drug-likeness (QED) is 0.100. The number of hydrogen-bond acceptors (Lipinski definition) is 9. The Kier molecular flexibility index (Phi) is 10.2. The van der Waals surface area contributed by atoms with E-state index in [-0.39, 0.29) is 24.8 Å². The van der Waals surface area contributed by atoms with Crippen LogP contribution in [0.15, 0.2) is 92.5 Å². The van der Waals surface area contributed by atoms with Crippen LogP contribution in [0.4, 0.5) is 0 Å². The molecule has 5 rings (SSSR count). The largest absolute Gasteiger partial charge is 0.504 e. The molecule has 1 amide bonds. The van der Waals surface area contributed by atoms with Crippen LogP contribution in [0.2, 0.25) is 10.0 Å². The first-order valence-electron chi connectivity index (χ1n) is 13.4. The van der Waals surface area contributed by atoms with E-state index in [1.165, 1.54) is 22.7 Å². The van der Waals surface area contributed by atoms with Gasteiger partial charge in [-0.1, -0.05) is 35.3 Å². The Bertz CT molecular complexity index is 1740. The van der Waals surface area contributed by atoms with Crippen LogP contribution in [0.25, 0.3) is 6.08 Å². The molecule has 0 spiro atoms. The van der Waals surface area contributed by atoms with Gasteiger partial charge in [-0.15, -0.1) is 5.10 Å². The number of hydrogen-bond donors (Lipinski definition) is 1. The maximum Gasteiger partial charge on any atom is 0.267 e. The van der Waals surface area contributed by atoms with Crippen molar-refractivity contribution in [3.63, 3.8) is 0 Å². The topological polar surface area (TPSA) is 106 Å². The molecule has 1 aliphatic heterocycles. The zero-order valence-electron chi connectivity index (χ0n) is 23.7. The second-order valence-electron chi connectivity index (χ2n) is 9.30. The number of methoxy groups -OCH3 is 1. The third kappa shape index (κ3) is 7.57. The standard InChI is InChI=1S/C32H27Cl2N3O6S/c1-3-41-28-13-20(6-10-26(28)38)15-30-31(39)37(18-24-5-4-12-42-24)32(44-30)36-35-17-21-7-11-27(29(14-21)40-2)43-19-22-8-9-23(33)16-25(22)34/h4-17,38H,3,18-19H2,1-2H3/b30-15-,35-17+,36-32-. The summed E-state index contributed by atoms with van der Waals surface area (Å²) in [6, 6.07) is 19.0. The maximum atomic E-state index is 13.4. The fourth-order valence-corrected chi connectivity index (χ4v) is 5.54. The highest BCUT2D eigenvalue weighted by molar-refractivity contribution is 8.18. The zero-order valence-corrected chi connectivity index (χ0v) is 26.0. The van der Waals surface area contributed by atoms with Gasteiger partial charge in [-0.05, 0) is 90.5 Å². The third-order valence-corrected chi connectivity index (χ3v) is 7.88. The number of rotatable bonds is 11. The fraction of sp³-hybridized carbons (Fsp3) is 0.156. The lowest BCUT2D eigenvalue weighted by Gasteiger charge is -2.13. The van der Waals surface area contributed by atoms with Crippen LogP contribution in [0.1, 0.15) is 29.4 Å². The maximum absolute atomic E-state index is 13.4. The van der Waals surface area contributed by atoms with Gasteiger partial charge >= 0.3 is 0 Å². The molecule has 3 aromatic carbocycles. The van der Waals surface area contributed by atoms with Gasteiger partial charge in [0.15, 0.2) is 28.2 Å². The Morgan fingerprint density at radius 1 is 1.00 bits per heavy atom. The number of carbonyl (C=O) groups excluding carboxylic acids is 1. The zero-order chi connectivity index (χ0) is 31.1. The van der Waals surface area contributed by atoms with Gasteiger partial charge in [0.05, 0.1) is 37.6 Å². The van der Waals surface area contributed by atoms with Gasteiger partial charge in [0.2, 0.25) is 0 Å². The SMILES string of the molecule is CCOc1cc(/C=C2\S/C(=N\N=C\c3ccc(OCc4ccc(Cl)cc4Cl)c(OC)c3)N(Cc3ccco3)C2=O)ccc1O. The summed E-state index contributed by atoms with van der Waals surface area (Å²) in [5.74, 6) is 1.74. The van der Waals surface area contributed by atoms with E-state index < -0.39 is 0 Å². The first-order chi connectivity index (χ1) is 21.3. The predicted octanol–water partition coefficient (Wildman–Crippen LogP) is 7.78. The highest BCUT2D eigenvalue weighted by atomic mass is 35.5. The van der Waals surface area contributed by atoms with Crippen molar-refractivity contribution in [1.82, 2.24) is 4.90 Å². The van der Waals surface area contributed by atoms with Crippen LogP contribution in [0, 0.1) is 0 Å². The first-order valence-corrected chi connectivity index (χ1v) is 15.0. The average molecular weight is 653 g/mol. The molecule has 44 heavy (non-hydrogen) atoms. The van der Waals surface area contributed by atoms with Crippen molar-refractivity contribution in [2.45, 2.75) is 20.1 Å². The van der Waals surface area contributed by atoms with E-state index >= 15 is 0 Å². The number of phenolic OH excluding ortho intramolecular Hbond substituents is 1. The predicted molar refractivity (Wildman–Crippen MR) is 173 cm³/mol. The van der Waals surface area contributed by atoms with Crippen molar-refractivity contribution in [3.05, 3.63) is 110 Å². The van der Waals surface area contributed by atoms with Crippen molar-refractivity contribution in [3.8, 4) is 23.0 Å². The van der Waals surface area contributed by atoms with E-state index in [2.05, 4.69) is 10.2 Å². The number of benzene rings is 3. The van der Waals surface area contributed by atoms with Crippen molar-refractivity contribution < 1.29 is 28.5 Å². The molecule has 226 valence electrons. The van der Waals surface area contributed by atoms with E-state index in [1.54, 1.807) is 74.2 Å². The summed E-state index contributed by atoms with van der Waals surface area (Å²) in [5.41, 5.74) is 2.19. The molecule has 1 fully saturated rings. The Labute approximate surface area is 268 Å². The molecule has 4 aromatic rings. The molecule has 0 saturated carbocycles. The number of halogens is 2. The minimum atomic E-state index is -0.254. The molecule has 9 nitrogen and oxygen atoms in total. The number of amides is 1. The Morgan fingerprint density at radius 2 is 1.82 bits per heavy atom.